The molecule has 0 spiro atoms. The quantitative estimate of drug-likeness (QED) is 0.157. The molecule has 3 saturated carbocycles. The largest absolute Gasteiger partial charge is 0.481 e. The highest BCUT2D eigenvalue weighted by atomic mass is 16.7. The summed E-state index contributed by atoms with van der Waals surface area (Å²) in [7, 11) is -0.571. The third-order valence-corrected chi connectivity index (χ3v) is 10.8. The van der Waals surface area contributed by atoms with Crippen molar-refractivity contribution in [2.24, 2.45) is 29.1 Å². The first-order valence-corrected chi connectivity index (χ1v) is 17.3. The molecule has 0 radical (unpaired) electrons. The fourth-order valence-electron chi connectivity index (χ4n) is 7.87. The van der Waals surface area contributed by atoms with Gasteiger partial charge in [0.1, 0.15) is 0 Å². The van der Waals surface area contributed by atoms with E-state index in [0.29, 0.717) is 29.5 Å². The van der Waals surface area contributed by atoms with E-state index in [0.717, 1.165) is 32.1 Å². The van der Waals surface area contributed by atoms with Crippen molar-refractivity contribution in [3.8, 4) is 0 Å². The molecule has 9 heteroatoms. The molecule has 4 fully saturated rings. The average molecular weight is 630 g/mol. The standard InChI is InChI=1S/C37H52BN3O5/c1-7-8-12-25-15-17-26(18-16-25)30(42)20-27(23-39-35(44)40-29-13-10-9-11-14-29)34(43)41-33(19-24(2)3)38-45-32-22-28-21-31(36(28,4)5)37(32,6)46-38/h9-11,13-18,24,27-28,31-33H,7-8,12,19-23H2,1-6H3,(H,41,43)(H2,39,40,44)/t27-,28-,31-,32+,33-,37-/m0/s1. The minimum atomic E-state index is -0.783. The summed E-state index contributed by atoms with van der Waals surface area (Å²) in [6, 6.07) is 16.3. The van der Waals surface area contributed by atoms with Gasteiger partial charge in [-0.25, -0.2) is 4.79 Å². The molecule has 8 nitrogen and oxygen atoms in total. The zero-order valence-electron chi connectivity index (χ0n) is 28.4. The monoisotopic (exact) mass is 629 g/mol. The van der Waals surface area contributed by atoms with E-state index in [1.54, 1.807) is 12.1 Å². The van der Waals surface area contributed by atoms with Crippen LogP contribution in [0.4, 0.5) is 10.5 Å². The van der Waals surface area contributed by atoms with E-state index in [2.05, 4.69) is 57.5 Å². The van der Waals surface area contributed by atoms with Gasteiger partial charge in [-0.1, -0.05) is 83.5 Å². The van der Waals surface area contributed by atoms with Gasteiger partial charge < -0.3 is 25.3 Å². The van der Waals surface area contributed by atoms with Gasteiger partial charge in [0, 0.05) is 24.2 Å². The number of benzene rings is 2. The van der Waals surface area contributed by atoms with E-state index >= 15 is 0 Å². The first-order chi connectivity index (χ1) is 21.9. The third kappa shape index (κ3) is 7.52. The fraction of sp³-hybridized carbons (Fsp3) is 0.595. The topological polar surface area (TPSA) is 106 Å². The number of rotatable bonds is 14. The van der Waals surface area contributed by atoms with E-state index < -0.39 is 24.7 Å². The summed E-state index contributed by atoms with van der Waals surface area (Å²) in [5, 5.41) is 8.84. The molecule has 2 aromatic rings. The summed E-state index contributed by atoms with van der Waals surface area (Å²) in [6.45, 7) is 13.2. The molecule has 1 saturated heterocycles. The maximum absolute atomic E-state index is 14.0. The van der Waals surface area contributed by atoms with Crippen molar-refractivity contribution in [1.82, 2.24) is 10.6 Å². The number of urea groups is 1. The van der Waals surface area contributed by atoms with E-state index in [9.17, 15) is 14.4 Å². The highest BCUT2D eigenvalue weighted by Crippen LogP contribution is 2.65. The SMILES string of the molecule is CCCCc1ccc(C(=O)C[C@@H](CNC(=O)Nc2ccccc2)C(=O)N[C@@H](CC(C)C)B2O[C@@H]3C[C@@H]4C[C@@H](C4(C)C)[C@]3(C)O2)cc1. The number of nitrogens with one attached hydrogen (secondary N) is 3. The smallest absolute Gasteiger partial charge is 0.404 e. The Morgan fingerprint density at radius 1 is 1.00 bits per heavy atom. The van der Waals surface area contributed by atoms with Crippen LogP contribution >= 0.6 is 0 Å². The Bertz CT molecular complexity index is 1370. The van der Waals surface area contributed by atoms with Gasteiger partial charge in [0.25, 0.3) is 0 Å². The zero-order valence-corrected chi connectivity index (χ0v) is 28.4. The molecule has 3 N–H and O–H groups in total. The fourth-order valence-corrected chi connectivity index (χ4v) is 7.87. The molecule has 1 aliphatic heterocycles. The van der Waals surface area contributed by atoms with Crippen molar-refractivity contribution in [3.63, 3.8) is 0 Å². The Morgan fingerprint density at radius 3 is 2.37 bits per heavy atom. The Labute approximate surface area is 275 Å². The van der Waals surface area contributed by atoms with Gasteiger partial charge in [-0.2, -0.15) is 0 Å². The minimum Gasteiger partial charge on any atom is -0.404 e. The number of hydrogen-bond acceptors (Lipinski definition) is 5. The van der Waals surface area contributed by atoms with Gasteiger partial charge in [0.15, 0.2) is 5.78 Å². The molecule has 46 heavy (non-hydrogen) atoms. The zero-order chi connectivity index (χ0) is 33.1. The molecule has 6 rings (SSSR count). The lowest BCUT2D eigenvalue weighted by atomic mass is 9.43. The highest BCUT2D eigenvalue weighted by Gasteiger charge is 2.68. The van der Waals surface area contributed by atoms with Crippen LogP contribution in [0.2, 0.25) is 0 Å². The van der Waals surface area contributed by atoms with E-state index in [4.69, 9.17) is 9.31 Å². The van der Waals surface area contributed by atoms with Crippen molar-refractivity contribution in [2.45, 2.75) is 104 Å². The Balaban J connectivity index is 1.29. The molecule has 2 aromatic carbocycles. The molecular weight excluding hydrogens is 577 g/mol. The van der Waals surface area contributed by atoms with Crippen LogP contribution in [-0.2, 0) is 20.5 Å². The number of unbranched alkanes of at least 4 members (excludes halogenated alkanes) is 1. The number of hydrogen-bond donors (Lipinski definition) is 3. The molecule has 3 amide bonds. The van der Waals surface area contributed by atoms with E-state index in [1.807, 2.05) is 42.5 Å². The Kier molecular flexibility index (Phi) is 10.6. The predicted octanol–water partition coefficient (Wildman–Crippen LogP) is 6.84. The number of carbonyl (C=O) groups excluding carboxylic acids is 3. The number of aryl methyl sites for hydroxylation is 1. The maximum atomic E-state index is 14.0. The Morgan fingerprint density at radius 2 is 1.72 bits per heavy atom. The average Bonchev–Trinajstić information content (AvgIpc) is 3.39. The van der Waals surface area contributed by atoms with Gasteiger partial charge >= 0.3 is 13.1 Å². The Hall–Kier alpha value is -3.17. The van der Waals surface area contributed by atoms with Gasteiger partial charge in [-0.15, -0.1) is 0 Å². The number of ketones is 1. The number of Topliss-reactive ketones (excluding diaryl/α,β-unsaturated/α-hetero) is 1. The number of anilines is 1. The lowest BCUT2D eigenvalue weighted by molar-refractivity contribution is -0.199. The normalized spacial score (nSPS) is 25.6. The summed E-state index contributed by atoms with van der Waals surface area (Å²) < 4.78 is 13.3. The third-order valence-electron chi connectivity index (χ3n) is 10.8. The summed E-state index contributed by atoms with van der Waals surface area (Å²) in [5.74, 6) is -0.287. The van der Waals surface area contributed by atoms with Crippen LogP contribution in [0.25, 0.3) is 0 Å². The van der Waals surface area contributed by atoms with Gasteiger partial charge in [0.05, 0.1) is 23.6 Å². The van der Waals surface area contributed by atoms with E-state index in [-0.39, 0.29) is 48.0 Å². The summed E-state index contributed by atoms with van der Waals surface area (Å²) in [4.78, 5) is 40.3. The van der Waals surface area contributed by atoms with Gasteiger partial charge in [-0.3, -0.25) is 9.59 Å². The van der Waals surface area contributed by atoms with Crippen molar-refractivity contribution in [1.29, 1.82) is 0 Å². The predicted molar refractivity (Wildman–Crippen MR) is 182 cm³/mol. The second kappa shape index (κ2) is 14.3. The number of carbonyl (C=O) groups is 3. The van der Waals surface area contributed by atoms with Crippen molar-refractivity contribution < 1.29 is 23.7 Å². The van der Waals surface area contributed by atoms with Crippen LogP contribution in [0.5, 0.6) is 0 Å². The van der Waals surface area contributed by atoms with Crippen LogP contribution in [0, 0.1) is 29.1 Å². The highest BCUT2D eigenvalue weighted by molar-refractivity contribution is 6.47. The molecule has 6 atom stereocenters. The van der Waals surface area contributed by atoms with Crippen LogP contribution < -0.4 is 16.0 Å². The maximum Gasteiger partial charge on any atom is 0.481 e. The second-order valence-corrected chi connectivity index (χ2v) is 14.9. The lowest BCUT2D eigenvalue weighted by Gasteiger charge is -2.64. The molecule has 1 heterocycles. The van der Waals surface area contributed by atoms with Crippen LogP contribution in [-0.4, -0.2) is 49.0 Å². The first kappa shape index (κ1) is 34.2. The first-order valence-electron chi connectivity index (χ1n) is 17.3. The minimum absolute atomic E-state index is 0.00172. The van der Waals surface area contributed by atoms with Crippen molar-refractivity contribution in [3.05, 3.63) is 65.7 Å². The molecule has 3 aliphatic carbocycles. The van der Waals surface area contributed by atoms with Crippen molar-refractivity contribution in [2.75, 3.05) is 11.9 Å². The molecule has 2 bridgehead atoms. The molecule has 4 aliphatic rings. The van der Waals surface area contributed by atoms with Crippen LogP contribution in [0.3, 0.4) is 0 Å². The number of para-hydroxylation sites is 1. The van der Waals surface area contributed by atoms with E-state index in [1.165, 1.54) is 5.56 Å². The molecule has 0 aromatic heterocycles. The summed E-state index contributed by atoms with van der Waals surface area (Å²) in [6.07, 6.45) is 5.92. The van der Waals surface area contributed by atoms with Gasteiger partial charge in [-0.05, 0) is 79.9 Å². The van der Waals surface area contributed by atoms with Crippen LogP contribution in [0.15, 0.2) is 54.6 Å². The molecule has 248 valence electrons. The van der Waals surface area contributed by atoms with Crippen molar-refractivity contribution >= 4 is 30.5 Å². The lowest BCUT2D eigenvalue weighted by Crippen LogP contribution is -2.65. The number of amides is 3. The summed E-state index contributed by atoms with van der Waals surface area (Å²) in [5.41, 5.74) is 2.22. The summed E-state index contributed by atoms with van der Waals surface area (Å²) >= 11 is 0. The van der Waals surface area contributed by atoms with Crippen LogP contribution in [0.1, 0.15) is 96.0 Å². The second-order valence-electron chi connectivity index (χ2n) is 14.9. The molecule has 0 unspecified atom stereocenters. The molecular formula is C37H52BN3O5. The van der Waals surface area contributed by atoms with Gasteiger partial charge in [0.2, 0.25) is 5.91 Å².